The molecular weight excluding hydrogens is 500 g/mol. The molecule has 4 atom stereocenters. The Bertz CT molecular complexity index is 1490. The molecule has 0 amide bonds. The van der Waals surface area contributed by atoms with E-state index < -0.39 is 0 Å². The van der Waals surface area contributed by atoms with E-state index in [1.807, 2.05) is 16.4 Å². The summed E-state index contributed by atoms with van der Waals surface area (Å²) in [7, 11) is 1.77. The van der Waals surface area contributed by atoms with Crippen LogP contribution in [0.1, 0.15) is 70.8 Å². The maximum Gasteiger partial charge on any atom is 0.349 e. The number of rotatable bonds is 6. The summed E-state index contributed by atoms with van der Waals surface area (Å²) in [5, 5.41) is 4.96. The Morgan fingerprint density at radius 1 is 1.13 bits per heavy atom. The van der Waals surface area contributed by atoms with E-state index in [2.05, 4.69) is 52.7 Å². The van der Waals surface area contributed by atoms with Crippen molar-refractivity contribution in [1.29, 1.82) is 0 Å². The van der Waals surface area contributed by atoms with E-state index in [1.54, 1.807) is 23.0 Å². The second-order valence-electron chi connectivity index (χ2n) is 10.5. The molecule has 0 bridgehead atoms. The number of anilines is 1. The van der Waals surface area contributed by atoms with E-state index in [4.69, 9.17) is 14.8 Å². The summed E-state index contributed by atoms with van der Waals surface area (Å²) in [5.74, 6) is 0.694. The third kappa shape index (κ3) is 4.40. The highest BCUT2D eigenvalue weighted by Crippen LogP contribution is 2.34. The van der Waals surface area contributed by atoms with E-state index in [1.165, 1.54) is 0 Å². The number of aromatic nitrogens is 6. The van der Waals surface area contributed by atoms with Crippen molar-refractivity contribution in [2.24, 2.45) is 7.05 Å². The number of thiazole rings is 1. The molecule has 0 N–H and O–H groups in total. The smallest absolute Gasteiger partial charge is 0.349 e. The predicted octanol–water partition coefficient (Wildman–Crippen LogP) is 4.27. The van der Waals surface area contributed by atoms with Crippen LogP contribution in [0.4, 0.5) is 5.82 Å². The highest BCUT2D eigenvalue weighted by molar-refractivity contribution is 7.16. The first-order valence-corrected chi connectivity index (χ1v) is 14.7. The number of piperazine rings is 1. The van der Waals surface area contributed by atoms with E-state index in [0.717, 1.165) is 78.9 Å². The van der Waals surface area contributed by atoms with Crippen LogP contribution >= 0.6 is 11.3 Å². The Labute approximate surface area is 226 Å². The number of aryl methyl sites for hydroxylation is 1. The van der Waals surface area contributed by atoms with Crippen LogP contribution < -0.4 is 10.6 Å². The van der Waals surface area contributed by atoms with E-state index in [0.29, 0.717) is 5.82 Å². The van der Waals surface area contributed by atoms with Crippen LogP contribution in [0.15, 0.2) is 28.6 Å². The molecule has 2 aliphatic rings. The summed E-state index contributed by atoms with van der Waals surface area (Å²) in [4.78, 5) is 32.8. The molecule has 2 aliphatic heterocycles. The van der Waals surface area contributed by atoms with E-state index in [-0.39, 0.29) is 30.0 Å². The largest absolute Gasteiger partial charge is 0.357 e. The fourth-order valence-electron chi connectivity index (χ4n) is 5.98. The van der Waals surface area contributed by atoms with Gasteiger partial charge < -0.3 is 9.64 Å². The number of nitrogens with zero attached hydrogens (tertiary/aromatic N) is 8. The molecule has 38 heavy (non-hydrogen) atoms. The van der Waals surface area contributed by atoms with Crippen molar-refractivity contribution in [3.63, 3.8) is 0 Å². The van der Waals surface area contributed by atoms with Gasteiger partial charge in [0.25, 0.3) is 0 Å². The topological polar surface area (TPSA) is 94.2 Å². The molecular formula is C27H36N8O2S. The molecule has 0 aromatic carbocycles. The Morgan fingerprint density at radius 2 is 1.97 bits per heavy atom. The average molecular weight is 537 g/mol. The van der Waals surface area contributed by atoms with Crippen molar-refractivity contribution < 1.29 is 4.74 Å². The predicted molar refractivity (Wildman–Crippen MR) is 150 cm³/mol. The van der Waals surface area contributed by atoms with Gasteiger partial charge in [0.15, 0.2) is 11.3 Å². The first-order valence-electron chi connectivity index (χ1n) is 13.8. The molecule has 6 rings (SSSR count). The lowest BCUT2D eigenvalue weighted by Gasteiger charge is -2.48. The van der Waals surface area contributed by atoms with Crippen molar-refractivity contribution >= 4 is 38.5 Å². The quantitative estimate of drug-likeness (QED) is 0.361. The van der Waals surface area contributed by atoms with Crippen molar-refractivity contribution in [3.05, 3.63) is 40.0 Å². The molecule has 202 valence electrons. The van der Waals surface area contributed by atoms with Crippen molar-refractivity contribution in [2.45, 2.75) is 77.2 Å². The third-order valence-electron chi connectivity index (χ3n) is 8.32. The molecule has 6 heterocycles. The fraction of sp³-hybridized carbons (Fsp3) is 0.593. The van der Waals surface area contributed by atoms with Gasteiger partial charge in [-0.2, -0.15) is 10.1 Å². The van der Waals surface area contributed by atoms with Gasteiger partial charge in [0.1, 0.15) is 11.1 Å². The van der Waals surface area contributed by atoms with Crippen LogP contribution in [0, 0.1) is 0 Å². The normalized spacial score (nSPS) is 23.9. The maximum absolute atomic E-state index is 13.0. The van der Waals surface area contributed by atoms with Crippen molar-refractivity contribution in [3.8, 4) is 0 Å². The van der Waals surface area contributed by atoms with Crippen LogP contribution in [0.2, 0.25) is 0 Å². The standard InChI is InChI=1S/C27H36N8O2S/c1-5-18-14-34(19(6-2)13-33(18)17(3)20-10-11-21-26(29-20)38-16-28-21)25-24-22(32(4)27(36)30-25)15-35(31-24)23-9-7-8-12-37-23/h10-11,15-19,23H,5-9,12-14H2,1-4H3/t17?,18-,19+,23?/m1/s1. The lowest BCUT2D eigenvalue weighted by atomic mass is 9.99. The highest BCUT2D eigenvalue weighted by Gasteiger charge is 2.37. The molecule has 4 aromatic rings. The maximum atomic E-state index is 13.0. The first kappa shape index (κ1) is 25.4. The second-order valence-corrected chi connectivity index (χ2v) is 11.3. The zero-order chi connectivity index (χ0) is 26.4. The molecule has 10 nitrogen and oxygen atoms in total. The lowest BCUT2D eigenvalue weighted by Crippen LogP contribution is -2.59. The Kier molecular flexibility index (Phi) is 6.92. The summed E-state index contributed by atoms with van der Waals surface area (Å²) < 4.78 is 9.49. The number of ether oxygens (including phenoxy) is 1. The Hall–Kier alpha value is -2.89. The molecule has 0 saturated carbocycles. The van der Waals surface area contributed by atoms with Gasteiger partial charge in [-0.15, -0.1) is 11.3 Å². The number of hydrogen-bond donors (Lipinski definition) is 0. The average Bonchev–Trinajstić information content (AvgIpc) is 3.62. The first-order chi connectivity index (χ1) is 18.5. The van der Waals surface area contributed by atoms with Gasteiger partial charge in [-0.05, 0) is 51.2 Å². The number of pyridine rings is 1. The fourth-order valence-corrected chi connectivity index (χ4v) is 6.64. The van der Waals surface area contributed by atoms with Gasteiger partial charge in [-0.3, -0.25) is 9.47 Å². The van der Waals surface area contributed by atoms with Gasteiger partial charge in [0.2, 0.25) is 0 Å². The molecule has 0 spiro atoms. The van der Waals surface area contributed by atoms with Crippen LogP contribution in [0.3, 0.4) is 0 Å². The van der Waals surface area contributed by atoms with Gasteiger partial charge in [-0.25, -0.2) is 19.4 Å². The highest BCUT2D eigenvalue weighted by atomic mass is 32.1. The third-order valence-corrected chi connectivity index (χ3v) is 9.06. The minimum absolute atomic E-state index is 0.0921. The summed E-state index contributed by atoms with van der Waals surface area (Å²) in [6, 6.07) is 4.84. The molecule has 2 fully saturated rings. The monoisotopic (exact) mass is 536 g/mol. The molecule has 2 saturated heterocycles. The van der Waals surface area contributed by atoms with Gasteiger partial charge in [0, 0.05) is 44.9 Å². The minimum atomic E-state index is -0.252. The molecule has 4 aromatic heterocycles. The summed E-state index contributed by atoms with van der Waals surface area (Å²) in [5.41, 5.74) is 5.20. The summed E-state index contributed by atoms with van der Waals surface area (Å²) in [6.45, 7) is 9.08. The van der Waals surface area contributed by atoms with Gasteiger partial charge in [-0.1, -0.05) is 13.8 Å². The lowest BCUT2D eigenvalue weighted by molar-refractivity contribution is -0.0390. The molecule has 2 unspecified atom stereocenters. The summed E-state index contributed by atoms with van der Waals surface area (Å²) in [6.07, 6.45) is 6.91. The van der Waals surface area contributed by atoms with Crippen molar-refractivity contribution in [1.82, 2.24) is 34.2 Å². The van der Waals surface area contributed by atoms with Crippen molar-refractivity contribution in [2.75, 3.05) is 24.6 Å². The zero-order valence-electron chi connectivity index (χ0n) is 22.6. The Morgan fingerprint density at radius 3 is 2.74 bits per heavy atom. The zero-order valence-corrected chi connectivity index (χ0v) is 23.4. The van der Waals surface area contributed by atoms with Gasteiger partial charge in [0.05, 0.1) is 28.4 Å². The molecule has 11 heteroatoms. The SMILES string of the molecule is CC[C@H]1CN(C(C)c2ccc3ncsc3n2)[C@H](CC)CN1c1nc(=O)n(C)c2cn(C3CCCCO3)nc12. The number of fused-ring (bicyclic) bond motifs is 2. The van der Waals surface area contributed by atoms with Gasteiger partial charge >= 0.3 is 5.69 Å². The summed E-state index contributed by atoms with van der Waals surface area (Å²) >= 11 is 1.58. The molecule has 0 radical (unpaired) electrons. The van der Waals surface area contributed by atoms with Crippen LogP contribution in [-0.2, 0) is 11.8 Å². The second kappa shape index (κ2) is 10.3. The van der Waals surface area contributed by atoms with Crippen LogP contribution in [0.5, 0.6) is 0 Å². The van der Waals surface area contributed by atoms with E-state index >= 15 is 0 Å². The molecule has 0 aliphatic carbocycles. The van der Waals surface area contributed by atoms with E-state index in [9.17, 15) is 4.79 Å². The number of hydrogen-bond acceptors (Lipinski definition) is 9. The van der Waals surface area contributed by atoms with Crippen LogP contribution in [0.25, 0.3) is 21.4 Å². The minimum Gasteiger partial charge on any atom is -0.357 e. The Balaban J connectivity index is 1.35. The van der Waals surface area contributed by atoms with Crippen LogP contribution in [-0.4, -0.2) is 66.0 Å².